The molecular weight excluding hydrogens is 174 g/mol. The van der Waals surface area contributed by atoms with Crippen LogP contribution in [0.2, 0.25) is 0 Å². The Kier molecular flexibility index (Phi) is 2.46. The summed E-state index contributed by atoms with van der Waals surface area (Å²) in [6.45, 7) is 6.43. The number of fused-ring (bicyclic) bond motifs is 1. The van der Waals surface area contributed by atoms with Crippen molar-refractivity contribution in [1.29, 1.82) is 0 Å². The molecule has 0 bridgehead atoms. The first kappa shape index (κ1) is 9.53. The van der Waals surface area contributed by atoms with Crippen molar-refractivity contribution in [2.24, 2.45) is 0 Å². The molecule has 0 saturated heterocycles. The summed E-state index contributed by atoms with van der Waals surface area (Å²) in [5.41, 5.74) is 4.18. The molecule has 0 radical (unpaired) electrons. The van der Waals surface area contributed by atoms with Crippen molar-refractivity contribution < 1.29 is 4.74 Å². The Morgan fingerprint density at radius 1 is 1.43 bits per heavy atom. The van der Waals surface area contributed by atoms with Gasteiger partial charge in [0.2, 0.25) is 0 Å². The number of aryl methyl sites for hydroxylation is 1. The molecule has 14 heavy (non-hydrogen) atoms. The third kappa shape index (κ3) is 1.40. The van der Waals surface area contributed by atoms with E-state index in [4.69, 9.17) is 4.74 Å². The maximum atomic E-state index is 5.41. The largest absolute Gasteiger partial charge is 0.496 e. The van der Waals surface area contributed by atoms with Crippen molar-refractivity contribution in [1.82, 2.24) is 5.32 Å². The lowest BCUT2D eigenvalue weighted by Crippen LogP contribution is -2.27. The average Bonchev–Trinajstić information content (AvgIpc) is 2.20. The van der Waals surface area contributed by atoms with Crippen LogP contribution in [-0.4, -0.2) is 13.7 Å². The average molecular weight is 191 g/mol. The van der Waals surface area contributed by atoms with Gasteiger partial charge in [-0.1, -0.05) is 13.0 Å². The van der Waals surface area contributed by atoms with Gasteiger partial charge in [-0.2, -0.15) is 0 Å². The van der Waals surface area contributed by atoms with E-state index in [0.717, 1.165) is 18.8 Å². The monoisotopic (exact) mass is 191 g/mol. The zero-order valence-electron chi connectivity index (χ0n) is 9.05. The highest BCUT2D eigenvalue weighted by Crippen LogP contribution is 2.34. The molecule has 0 amide bonds. The van der Waals surface area contributed by atoms with E-state index < -0.39 is 0 Å². The molecule has 1 atom stereocenters. The van der Waals surface area contributed by atoms with Crippen LogP contribution in [0.15, 0.2) is 12.1 Å². The molecule has 0 spiro atoms. The Morgan fingerprint density at radius 3 is 2.93 bits per heavy atom. The van der Waals surface area contributed by atoms with Crippen molar-refractivity contribution in [3.8, 4) is 5.75 Å². The Labute approximate surface area is 85.3 Å². The summed E-state index contributed by atoms with van der Waals surface area (Å²) in [5.74, 6) is 1.59. The molecule has 1 aromatic carbocycles. The number of rotatable bonds is 1. The first-order valence-electron chi connectivity index (χ1n) is 5.11. The van der Waals surface area contributed by atoms with Gasteiger partial charge in [0.15, 0.2) is 0 Å². The molecule has 1 aliphatic rings. The summed E-state index contributed by atoms with van der Waals surface area (Å²) in [6.07, 6.45) is 0. The second-order valence-corrected chi connectivity index (χ2v) is 4.01. The van der Waals surface area contributed by atoms with Crippen LogP contribution < -0.4 is 10.1 Å². The minimum absolute atomic E-state index is 0.550. The van der Waals surface area contributed by atoms with Crippen molar-refractivity contribution in [2.45, 2.75) is 26.3 Å². The lowest BCUT2D eigenvalue weighted by atomic mass is 9.89. The van der Waals surface area contributed by atoms with Gasteiger partial charge < -0.3 is 10.1 Å². The van der Waals surface area contributed by atoms with E-state index in [1.54, 1.807) is 7.11 Å². The molecule has 2 rings (SSSR count). The summed E-state index contributed by atoms with van der Waals surface area (Å²) >= 11 is 0. The zero-order valence-corrected chi connectivity index (χ0v) is 9.05. The lowest BCUT2D eigenvalue weighted by Gasteiger charge is -2.26. The van der Waals surface area contributed by atoms with Gasteiger partial charge in [-0.15, -0.1) is 0 Å². The van der Waals surface area contributed by atoms with E-state index in [9.17, 15) is 0 Å². The highest BCUT2D eigenvalue weighted by atomic mass is 16.5. The highest BCUT2D eigenvalue weighted by molar-refractivity contribution is 5.48. The zero-order chi connectivity index (χ0) is 10.1. The van der Waals surface area contributed by atoms with Gasteiger partial charge >= 0.3 is 0 Å². The van der Waals surface area contributed by atoms with Crippen LogP contribution in [0.1, 0.15) is 29.5 Å². The number of methoxy groups -OCH3 is 1. The molecule has 1 aliphatic heterocycles. The fourth-order valence-electron chi connectivity index (χ4n) is 2.22. The Hall–Kier alpha value is -1.02. The summed E-state index contributed by atoms with van der Waals surface area (Å²) in [6, 6.07) is 4.22. The highest BCUT2D eigenvalue weighted by Gasteiger charge is 2.21. The minimum Gasteiger partial charge on any atom is -0.496 e. The standard InChI is InChI=1S/C12H17NO/c1-8-4-5-11(14-3)12-9(2)6-13-7-10(8)12/h4-5,9,13H,6-7H2,1-3H3. The Morgan fingerprint density at radius 2 is 2.21 bits per heavy atom. The number of nitrogens with one attached hydrogen (secondary N) is 1. The normalized spacial score (nSPS) is 20.4. The second kappa shape index (κ2) is 3.62. The van der Waals surface area contributed by atoms with Crippen LogP contribution in [-0.2, 0) is 6.54 Å². The van der Waals surface area contributed by atoms with E-state index >= 15 is 0 Å². The molecule has 1 heterocycles. The lowest BCUT2D eigenvalue weighted by molar-refractivity contribution is 0.400. The second-order valence-electron chi connectivity index (χ2n) is 4.01. The first-order chi connectivity index (χ1) is 6.74. The molecule has 76 valence electrons. The van der Waals surface area contributed by atoms with Crippen LogP contribution in [0, 0.1) is 6.92 Å². The summed E-state index contributed by atoms with van der Waals surface area (Å²) in [7, 11) is 1.75. The number of hydrogen-bond acceptors (Lipinski definition) is 2. The van der Waals surface area contributed by atoms with Gasteiger partial charge in [0.25, 0.3) is 0 Å². The fourth-order valence-corrected chi connectivity index (χ4v) is 2.22. The molecule has 0 saturated carbocycles. The van der Waals surface area contributed by atoms with Crippen molar-refractivity contribution in [2.75, 3.05) is 13.7 Å². The molecule has 2 heteroatoms. The van der Waals surface area contributed by atoms with Crippen molar-refractivity contribution in [3.05, 3.63) is 28.8 Å². The van der Waals surface area contributed by atoms with E-state index in [2.05, 4.69) is 31.3 Å². The molecular formula is C12H17NO. The molecule has 0 fully saturated rings. The topological polar surface area (TPSA) is 21.3 Å². The third-order valence-corrected chi connectivity index (χ3v) is 3.02. The van der Waals surface area contributed by atoms with E-state index in [1.165, 1.54) is 16.7 Å². The van der Waals surface area contributed by atoms with Crippen LogP contribution in [0.5, 0.6) is 5.75 Å². The SMILES string of the molecule is COc1ccc(C)c2c1C(C)CNC2. The van der Waals surface area contributed by atoms with Gasteiger partial charge in [-0.3, -0.25) is 0 Å². The third-order valence-electron chi connectivity index (χ3n) is 3.02. The van der Waals surface area contributed by atoms with Crippen molar-refractivity contribution >= 4 is 0 Å². The van der Waals surface area contributed by atoms with Gasteiger partial charge in [0.1, 0.15) is 5.75 Å². The minimum atomic E-state index is 0.550. The van der Waals surface area contributed by atoms with E-state index in [-0.39, 0.29) is 0 Å². The summed E-state index contributed by atoms with van der Waals surface area (Å²) in [4.78, 5) is 0. The van der Waals surface area contributed by atoms with Gasteiger partial charge in [-0.25, -0.2) is 0 Å². The predicted octanol–water partition coefficient (Wildman–Crippen LogP) is 2.21. The molecule has 1 unspecified atom stereocenters. The fraction of sp³-hybridized carbons (Fsp3) is 0.500. The maximum absolute atomic E-state index is 5.41. The molecule has 1 N–H and O–H groups in total. The first-order valence-corrected chi connectivity index (χ1v) is 5.11. The summed E-state index contributed by atoms with van der Waals surface area (Å²) in [5, 5.41) is 3.43. The van der Waals surface area contributed by atoms with E-state index in [0.29, 0.717) is 5.92 Å². The summed E-state index contributed by atoms with van der Waals surface area (Å²) < 4.78 is 5.41. The molecule has 1 aromatic rings. The van der Waals surface area contributed by atoms with Gasteiger partial charge in [0.05, 0.1) is 7.11 Å². The van der Waals surface area contributed by atoms with Crippen molar-refractivity contribution in [3.63, 3.8) is 0 Å². The number of hydrogen-bond donors (Lipinski definition) is 1. The van der Waals surface area contributed by atoms with Gasteiger partial charge in [0, 0.05) is 18.7 Å². The van der Waals surface area contributed by atoms with Crippen LogP contribution >= 0.6 is 0 Å². The quantitative estimate of drug-likeness (QED) is 0.735. The van der Waals surface area contributed by atoms with Gasteiger partial charge in [-0.05, 0) is 30.0 Å². The molecule has 0 aromatic heterocycles. The Balaban J connectivity index is 2.58. The molecule has 0 aliphatic carbocycles. The van der Waals surface area contributed by atoms with Crippen LogP contribution in [0.4, 0.5) is 0 Å². The molecule has 2 nitrogen and oxygen atoms in total. The smallest absolute Gasteiger partial charge is 0.122 e. The predicted molar refractivity (Wildman–Crippen MR) is 57.9 cm³/mol. The number of ether oxygens (including phenoxy) is 1. The number of benzene rings is 1. The maximum Gasteiger partial charge on any atom is 0.122 e. The Bertz CT molecular complexity index is 346. The van der Waals surface area contributed by atoms with Crippen LogP contribution in [0.25, 0.3) is 0 Å². The van der Waals surface area contributed by atoms with E-state index in [1.807, 2.05) is 0 Å². The van der Waals surface area contributed by atoms with Crippen LogP contribution in [0.3, 0.4) is 0 Å².